The number of epoxide rings is 3. The van der Waals surface area contributed by atoms with Gasteiger partial charge in [-0.05, 0) is 57.8 Å². The van der Waals surface area contributed by atoms with E-state index in [1.807, 2.05) is 0 Å². The molecule has 3 saturated heterocycles. The minimum atomic E-state index is -0.801. The van der Waals surface area contributed by atoms with E-state index >= 15 is 0 Å². The Morgan fingerprint density at radius 2 is 0.800 bits per heavy atom. The first-order valence-corrected chi connectivity index (χ1v) is 18.4. The lowest BCUT2D eigenvalue weighted by Gasteiger charge is -2.18. The lowest BCUT2D eigenvalue weighted by Crippen LogP contribution is -2.30. The summed E-state index contributed by atoms with van der Waals surface area (Å²) in [5.74, 6) is -0.997. The molecule has 0 aromatic rings. The molecule has 0 N–H and O–H groups in total. The van der Waals surface area contributed by atoms with E-state index in [4.69, 9.17) is 28.4 Å². The van der Waals surface area contributed by atoms with Crippen molar-refractivity contribution in [1.29, 1.82) is 0 Å². The zero-order valence-electron chi connectivity index (χ0n) is 28.5. The van der Waals surface area contributed by atoms with Gasteiger partial charge in [-0.3, -0.25) is 14.4 Å². The highest BCUT2D eigenvalue weighted by molar-refractivity contribution is 5.71. The van der Waals surface area contributed by atoms with E-state index in [1.54, 1.807) is 0 Å². The molecular formula is C36H62O9. The van der Waals surface area contributed by atoms with Crippen LogP contribution < -0.4 is 0 Å². The fraction of sp³-hybridized carbons (Fsp3) is 0.917. The molecule has 3 rings (SSSR count). The van der Waals surface area contributed by atoms with E-state index in [9.17, 15) is 14.4 Å². The summed E-state index contributed by atoms with van der Waals surface area (Å²) in [6, 6.07) is 0. The lowest BCUT2D eigenvalue weighted by molar-refractivity contribution is -0.167. The fourth-order valence-corrected chi connectivity index (χ4v) is 6.17. The van der Waals surface area contributed by atoms with Gasteiger partial charge < -0.3 is 28.4 Å². The molecule has 0 amide bonds. The summed E-state index contributed by atoms with van der Waals surface area (Å²) in [6.07, 6.45) is 20.7. The van der Waals surface area contributed by atoms with Crippen LogP contribution in [0.25, 0.3) is 0 Å². The van der Waals surface area contributed by atoms with Crippen molar-refractivity contribution in [3.05, 3.63) is 0 Å². The van der Waals surface area contributed by atoms with Crippen LogP contribution in [0.1, 0.15) is 156 Å². The monoisotopic (exact) mass is 638 g/mol. The number of carbonyl (C=O) groups is 3. The Kier molecular flexibility index (Phi) is 18.4. The molecule has 260 valence electrons. The Bertz CT molecular complexity index is 802. The van der Waals surface area contributed by atoms with Crippen molar-refractivity contribution in [1.82, 2.24) is 0 Å². The molecular weight excluding hydrogens is 576 g/mol. The average Bonchev–Trinajstić information content (AvgIpc) is 3.95. The van der Waals surface area contributed by atoms with Gasteiger partial charge in [0.2, 0.25) is 0 Å². The van der Waals surface area contributed by atoms with E-state index in [-0.39, 0.29) is 37.5 Å². The molecule has 0 aromatic heterocycles. The Hall–Kier alpha value is -1.71. The molecule has 6 unspecified atom stereocenters. The maximum atomic E-state index is 12.6. The van der Waals surface area contributed by atoms with E-state index in [2.05, 4.69) is 20.8 Å². The average molecular weight is 639 g/mol. The summed E-state index contributed by atoms with van der Waals surface area (Å²) in [4.78, 5) is 37.3. The number of unbranched alkanes of at least 4 members (excludes halogenated alkanes) is 6. The summed E-state index contributed by atoms with van der Waals surface area (Å²) in [6.45, 7) is 6.30. The minimum Gasteiger partial charge on any atom is -0.462 e. The van der Waals surface area contributed by atoms with Crippen LogP contribution in [0.4, 0.5) is 0 Å². The van der Waals surface area contributed by atoms with Gasteiger partial charge in [0.05, 0.1) is 36.6 Å². The van der Waals surface area contributed by atoms with Crippen molar-refractivity contribution in [2.75, 3.05) is 13.2 Å². The summed E-state index contributed by atoms with van der Waals surface area (Å²) in [5, 5.41) is 0. The van der Waals surface area contributed by atoms with Crippen LogP contribution >= 0.6 is 0 Å². The number of carbonyl (C=O) groups excluding carboxylic acids is 3. The minimum absolute atomic E-state index is 0.107. The van der Waals surface area contributed by atoms with Crippen molar-refractivity contribution >= 4 is 17.9 Å². The van der Waals surface area contributed by atoms with Crippen LogP contribution in [0.2, 0.25) is 0 Å². The third-order valence-electron chi connectivity index (χ3n) is 9.05. The van der Waals surface area contributed by atoms with Gasteiger partial charge >= 0.3 is 17.9 Å². The molecule has 3 aliphatic heterocycles. The molecule has 9 nitrogen and oxygen atoms in total. The number of hydrogen-bond acceptors (Lipinski definition) is 9. The first-order chi connectivity index (χ1) is 21.9. The summed E-state index contributed by atoms with van der Waals surface area (Å²) < 4.78 is 33.5. The molecule has 3 aliphatic rings. The standard InChI is InChI=1S/C36H62O9/c1-4-16-28-31(43-28)19-10-7-13-22-34(37)40-25-27(42-36(39)24-15-9-12-21-33-30(45-33)18-6-3)26-41-35(38)23-14-8-11-20-32-29(44-32)17-5-2/h27-33H,4-26H2,1-3H3. The topological polar surface area (TPSA) is 116 Å². The van der Waals surface area contributed by atoms with Gasteiger partial charge in [-0.15, -0.1) is 0 Å². The van der Waals surface area contributed by atoms with Gasteiger partial charge in [-0.2, -0.15) is 0 Å². The van der Waals surface area contributed by atoms with Crippen molar-refractivity contribution in [3.63, 3.8) is 0 Å². The maximum Gasteiger partial charge on any atom is 0.306 e. The number of hydrogen-bond donors (Lipinski definition) is 0. The zero-order valence-corrected chi connectivity index (χ0v) is 28.5. The predicted octanol–water partition coefficient (Wildman–Crippen LogP) is 7.54. The molecule has 9 heteroatoms. The molecule has 3 fully saturated rings. The first kappa shape index (κ1) is 37.7. The first-order valence-electron chi connectivity index (χ1n) is 18.4. The van der Waals surface area contributed by atoms with Crippen molar-refractivity contribution in [3.8, 4) is 0 Å². The van der Waals surface area contributed by atoms with E-state index < -0.39 is 6.10 Å². The van der Waals surface area contributed by atoms with Gasteiger partial charge in [0, 0.05) is 19.3 Å². The molecule has 0 saturated carbocycles. The van der Waals surface area contributed by atoms with Crippen LogP contribution in [0.3, 0.4) is 0 Å². The highest BCUT2D eigenvalue weighted by atomic mass is 16.6. The normalized spacial score (nSPS) is 25.4. The van der Waals surface area contributed by atoms with Crippen molar-refractivity contribution in [2.45, 2.75) is 198 Å². The smallest absolute Gasteiger partial charge is 0.306 e. The SMILES string of the molecule is CCCC1OC1CCCCCC(=O)OCC(COC(=O)CCCCCC1OC1CCC)OC(=O)CCCCCC1OC1CCC. The fourth-order valence-electron chi connectivity index (χ4n) is 6.17. The van der Waals surface area contributed by atoms with Gasteiger partial charge in [0.15, 0.2) is 6.10 Å². The number of ether oxygens (including phenoxy) is 6. The molecule has 3 heterocycles. The second kappa shape index (κ2) is 22.0. The highest BCUT2D eigenvalue weighted by Crippen LogP contribution is 2.32. The van der Waals surface area contributed by atoms with Crippen LogP contribution in [0.5, 0.6) is 0 Å². The van der Waals surface area contributed by atoms with Crippen LogP contribution in [-0.4, -0.2) is 73.8 Å². The zero-order chi connectivity index (χ0) is 32.3. The van der Waals surface area contributed by atoms with Gasteiger partial charge in [0.25, 0.3) is 0 Å². The molecule has 0 aromatic carbocycles. The predicted molar refractivity (Wildman–Crippen MR) is 172 cm³/mol. The molecule has 6 atom stereocenters. The second-order valence-corrected chi connectivity index (χ2v) is 13.3. The Labute approximate surface area is 272 Å². The molecule has 0 bridgehead atoms. The van der Waals surface area contributed by atoms with Gasteiger partial charge in [-0.25, -0.2) is 0 Å². The van der Waals surface area contributed by atoms with Crippen molar-refractivity contribution in [2.24, 2.45) is 0 Å². The van der Waals surface area contributed by atoms with Crippen LogP contribution in [-0.2, 0) is 42.8 Å². The molecule has 0 radical (unpaired) electrons. The van der Waals surface area contributed by atoms with E-state index in [0.717, 1.165) is 116 Å². The largest absolute Gasteiger partial charge is 0.462 e. The summed E-state index contributed by atoms with van der Waals surface area (Å²) in [5.41, 5.74) is 0. The number of esters is 3. The second-order valence-electron chi connectivity index (χ2n) is 13.3. The number of rotatable bonds is 29. The Morgan fingerprint density at radius 1 is 0.467 bits per heavy atom. The maximum absolute atomic E-state index is 12.6. The van der Waals surface area contributed by atoms with E-state index in [0.29, 0.717) is 49.5 Å². The Morgan fingerprint density at radius 3 is 1.16 bits per heavy atom. The summed E-state index contributed by atoms with van der Waals surface area (Å²) >= 11 is 0. The van der Waals surface area contributed by atoms with Crippen LogP contribution in [0.15, 0.2) is 0 Å². The third kappa shape index (κ3) is 17.1. The van der Waals surface area contributed by atoms with Crippen LogP contribution in [0, 0.1) is 0 Å². The van der Waals surface area contributed by atoms with Crippen molar-refractivity contribution < 1.29 is 42.8 Å². The highest BCUT2D eigenvalue weighted by Gasteiger charge is 2.38. The summed E-state index contributed by atoms with van der Waals surface area (Å²) in [7, 11) is 0. The third-order valence-corrected chi connectivity index (χ3v) is 9.05. The lowest BCUT2D eigenvalue weighted by atomic mass is 10.1. The van der Waals surface area contributed by atoms with Gasteiger partial charge in [-0.1, -0.05) is 78.6 Å². The Balaban J connectivity index is 1.27. The quantitative estimate of drug-likeness (QED) is 0.0354. The molecule has 0 spiro atoms. The molecule has 45 heavy (non-hydrogen) atoms. The molecule has 0 aliphatic carbocycles. The van der Waals surface area contributed by atoms with Gasteiger partial charge in [0.1, 0.15) is 13.2 Å². The van der Waals surface area contributed by atoms with E-state index in [1.165, 1.54) is 0 Å².